The molecular weight excluding hydrogens is 470 g/mol. The summed E-state index contributed by atoms with van der Waals surface area (Å²) < 4.78 is 32.4. The van der Waals surface area contributed by atoms with Crippen LogP contribution >= 0.6 is 11.3 Å². The first kappa shape index (κ1) is 27.2. The van der Waals surface area contributed by atoms with Crippen LogP contribution in [0.5, 0.6) is 0 Å². The molecule has 0 aromatic carbocycles. The molecule has 11 nitrogen and oxygen atoms in total. The first-order valence-electron chi connectivity index (χ1n) is 10.5. The van der Waals surface area contributed by atoms with E-state index < -0.39 is 53.9 Å². The Bertz CT molecular complexity index is 907. The summed E-state index contributed by atoms with van der Waals surface area (Å²) in [5, 5.41) is 2.08. The minimum absolute atomic E-state index is 0.0303. The Morgan fingerprint density at radius 2 is 1.85 bits per heavy atom. The van der Waals surface area contributed by atoms with Gasteiger partial charge in [-0.3, -0.25) is 9.59 Å². The molecule has 12 heteroatoms. The summed E-state index contributed by atoms with van der Waals surface area (Å²) in [6.45, 7) is 4.68. The minimum Gasteiger partial charge on any atom is -0.463 e. The van der Waals surface area contributed by atoms with Crippen LogP contribution in [0.15, 0.2) is 11.6 Å². The highest BCUT2D eigenvalue weighted by Crippen LogP contribution is 2.34. The number of ether oxygens (including phenoxy) is 6. The van der Waals surface area contributed by atoms with Gasteiger partial charge < -0.3 is 28.4 Å². The second kappa shape index (κ2) is 11.9. The van der Waals surface area contributed by atoms with Crippen LogP contribution in [0.3, 0.4) is 0 Å². The van der Waals surface area contributed by atoms with Crippen LogP contribution in [-0.2, 0) is 54.0 Å². The predicted octanol–water partition coefficient (Wildman–Crippen LogP) is 0.833. The van der Waals surface area contributed by atoms with Gasteiger partial charge in [-0.15, -0.1) is 17.8 Å². The molecule has 1 aliphatic heterocycles. The lowest BCUT2D eigenvalue weighted by Gasteiger charge is -2.34. The monoisotopic (exact) mass is 497 g/mol. The van der Waals surface area contributed by atoms with E-state index in [1.54, 1.807) is 19.2 Å². The zero-order valence-corrected chi connectivity index (χ0v) is 20.2. The Morgan fingerprint density at radius 1 is 1.21 bits per heavy atom. The summed E-state index contributed by atoms with van der Waals surface area (Å²) in [6, 6.07) is 0. The molecule has 0 aliphatic carbocycles. The standard InChI is InChI=1S/C22H27NO10S/c1-6-21(33-15(5)25)16(30-12-17(21)32-14(4)24)13-31-22(19(26)28-7-2,20(27)29-8-3)11-18-23-9-10-34-18/h1,9-10,16-17H,7-8,11-13H2,2-5H3/t16-,17+,21-/m1/s1. The Balaban J connectivity index is 2.44. The molecule has 1 aliphatic rings. The first-order chi connectivity index (χ1) is 16.1. The molecule has 2 heterocycles. The van der Waals surface area contributed by atoms with Gasteiger partial charge in [0, 0.05) is 25.4 Å². The van der Waals surface area contributed by atoms with Crippen molar-refractivity contribution in [1.29, 1.82) is 0 Å². The highest BCUT2D eigenvalue weighted by molar-refractivity contribution is 7.09. The van der Waals surface area contributed by atoms with Crippen LogP contribution in [0.2, 0.25) is 0 Å². The van der Waals surface area contributed by atoms with E-state index in [2.05, 4.69) is 10.9 Å². The number of carbonyl (C=O) groups excluding carboxylic acids is 4. The predicted molar refractivity (Wildman–Crippen MR) is 116 cm³/mol. The molecule has 34 heavy (non-hydrogen) atoms. The molecule has 1 aromatic rings. The van der Waals surface area contributed by atoms with E-state index >= 15 is 0 Å². The summed E-state index contributed by atoms with van der Waals surface area (Å²) in [7, 11) is 0. The summed E-state index contributed by atoms with van der Waals surface area (Å²) >= 11 is 1.20. The average molecular weight is 498 g/mol. The fourth-order valence-electron chi connectivity index (χ4n) is 3.40. The summed E-state index contributed by atoms with van der Waals surface area (Å²) in [5.41, 5.74) is -4.09. The maximum absolute atomic E-state index is 13.0. The third-order valence-electron chi connectivity index (χ3n) is 4.83. The van der Waals surface area contributed by atoms with Gasteiger partial charge in [-0.2, -0.15) is 0 Å². The van der Waals surface area contributed by atoms with E-state index in [0.29, 0.717) is 5.01 Å². The quantitative estimate of drug-likeness (QED) is 0.186. The summed E-state index contributed by atoms with van der Waals surface area (Å²) in [4.78, 5) is 53.6. The number of esters is 4. The van der Waals surface area contributed by atoms with Crippen molar-refractivity contribution >= 4 is 35.2 Å². The highest BCUT2D eigenvalue weighted by Gasteiger charge is 2.59. The molecule has 0 saturated carbocycles. The molecule has 0 bridgehead atoms. The molecule has 2 rings (SSSR count). The number of terminal acetylenes is 1. The van der Waals surface area contributed by atoms with Gasteiger partial charge in [-0.25, -0.2) is 14.6 Å². The first-order valence-corrected chi connectivity index (χ1v) is 11.4. The molecule has 0 radical (unpaired) electrons. The van der Waals surface area contributed by atoms with Crippen molar-refractivity contribution in [3.63, 3.8) is 0 Å². The van der Waals surface area contributed by atoms with E-state index in [0.717, 1.165) is 6.92 Å². The van der Waals surface area contributed by atoms with Crippen molar-refractivity contribution in [2.45, 2.75) is 57.5 Å². The van der Waals surface area contributed by atoms with E-state index in [1.165, 1.54) is 24.5 Å². The van der Waals surface area contributed by atoms with Crippen LogP contribution < -0.4 is 0 Å². The van der Waals surface area contributed by atoms with E-state index in [-0.39, 0.29) is 26.2 Å². The van der Waals surface area contributed by atoms with Gasteiger partial charge in [0.15, 0.2) is 6.10 Å². The van der Waals surface area contributed by atoms with E-state index in [9.17, 15) is 19.2 Å². The van der Waals surface area contributed by atoms with Crippen LogP contribution in [0.25, 0.3) is 0 Å². The smallest absolute Gasteiger partial charge is 0.350 e. The molecule has 186 valence electrons. The van der Waals surface area contributed by atoms with Crippen LogP contribution in [0.1, 0.15) is 32.7 Å². The Labute approximate surface area is 201 Å². The number of thiazole rings is 1. The molecule has 1 aromatic heterocycles. The van der Waals surface area contributed by atoms with Gasteiger partial charge in [0.2, 0.25) is 5.60 Å². The third-order valence-corrected chi connectivity index (χ3v) is 5.61. The second-order valence-corrected chi connectivity index (χ2v) is 8.11. The van der Waals surface area contributed by atoms with Gasteiger partial charge in [-0.1, -0.05) is 5.92 Å². The number of hydrogen-bond donors (Lipinski definition) is 0. The van der Waals surface area contributed by atoms with Crippen molar-refractivity contribution < 1.29 is 47.6 Å². The number of aromatic nitrogens is 1. The fraction of sp³-hybridized carbons (Fsp3) is 0.591. The average Bonchev–Trinajstić information content (AvgIpc) is 3.39. The Kier molecular flexibility index (Phi) is 9.55. The maximum Gasteiger partial charge on any atom is 0.350 e. The normalized spacial score (nSPS) is 21.9. The van der Waals surface area contributed by atoms with Crippen LogP contribution in [-0.4, -0.2) is 78.7 Å². The topological polar surface area (TPSA) is 137 Å². The fourth-order valence-corrected chi connectivity index (χ4v) is 4.09. The SMILES string of the molecule is C#C[C@]1(OC(C)=O)[C@@H](OC(C)=O)CO[C@@H]1COC(Cc1nccs1)(C(=O)OCC)C(=O)OCC. The highest BCUT2D eigenvalue weighted by atomic mass is 32.1. The van der Waals surface area contributed by atoms with Crippen molar-refractivity contribution in [2.75, 3.05) is 26.4 Å². The third kappa shape index (κ3) is 5.91. The summed E-state index contributed by atoms with van der Waals surface area (Å²) in [5.74, 6) is -1.06. The van der Waals surface area contributed by atoms with Crippen molar-refractivity contribution in [2.24, 2.45) is 0 Å². The molecule has 3 atom stereocenters. The molecule has 1 saturated heterocycles. The van der Waals surface area contributed by atoms with Crippen LogP contribution in [0.4, 0.5) is 0 Å². The number of rotatable bonds is 11. The molecule has 0 N–H and O–H groups in total. The molecule has 0 amide bonds. The minimum atomic E-state index is -2.23. The van der Waals surface area contributed by atoms with Gasteiger partial charge in [0.05, 0.1) is 37.9 Å². The van der Waals surface area contributed by atoms with Gasteiger partial charge >= 0.3 is 23.9 Å². The molecule has 0 spiro atoms. The second-order valence-electron chi connectivity index (χ2n) is 7.13. The lowest BCUT2D eigenvalue weighted by molar-refractivity contribution is -0.200. The van der Waals surface area contributed by atoms with Gasteiger partial charge in [0.25, 0.3) is 5.60 Å². The molecular formula is C22H27NO10S. The number of hydrogen-bond acceptors (Lipinski definition) is 12. The summed E-state index contributed by atoms with van der Waals surface area (Å²) in [6.07, 6.45) is 4.60. The van der Waals surface area contributed by atoms with Crippen LogP contribution in [0, 0.1) is 12.3 Å². The van der Waals surface area contributed by atoms with Gasteiger partial charge in [-0.05, 0) is 13.8 Å². The lowest BCUT2D eigenvalue weighted by Crippen LogP contribution is -2.57. The largest absolute Gasteiger partial charge is 0.463 e. The number of nitrogens with zero attached hydrogens (tertiary/aromatic N) is 1. The van der Waals surface area contributed by atoms with Crippen molar-refractivity contribution in [3.8, 4) is 12.3 Å². The number of carbonyl (C=O) groups is 4. The van der Waals surface area contributed by atoms with Crippen molar-refractivity contribution in [3.05, 3.63) is 16.6 Å². The molecule has 1 fully saturated rings. The maximum atomic E-state index is 13.0. The van der Waals surface area contributed by atoms with Crippen molar-refractivity contribution in [1.82, 2.24) is 4.98 Å². The van der Waals surface area contributed by atoms with Gasteiger partial charge in [0.1, 0.15) is 6.10 Å². The zero-order chi connectivity index (χ0) is 25.4. The lowest BCUT2D eigenvalue weighted by atomic mass is 9.93. The van der Waals surface area contributed by atoms with E-state index in [4.69, 9.17) is 34.8 Å². The van der Waals surface area contributed by atoms with E-state index in [1.807, 2.05) is 0 Å². The Morgan fingerprint density at radius 3 is 2.32 bits per heavy atom. The zero-order valence-electron chi connectivity index (χ0n) is 19.4. The molecule has 0 unspecified atom stereocenters. The Hall–Kier alpha value is -3.01.